The number of ether oxygens (including phenoxy) is 2. The summed E-state index contributed by atoms with van der Waals surface area (Å²) in [6.45, 7) is 0.152. The number of carbonyl (C=O) groups is 1. The first-order valence-corrected chi connectivity index (χ1v) is 5.71. The molecule has 0 spiro atoms. The normalized spacial score (nSPS) is 10.6. The average molecular weight is 280 g/mol. The highest BCUT2D eigenvalue weighted by molar-refractivity contribution is 5.87. The molecule has 2 rings (SSSR count). The number of carboxylic acids is 1. The summed E-state index contributed by atoms with van der Waals surface area (Å²) < 4.78 is 23.7. The number of carboxylic acid groups (broad SMARTS) is 1. The van der Waals surface area contributed by atoms with Gasteiger partial charge in [0.25, 0.3) is 0 Å². The molecule has 0 atom stereocenters. The molecule has 2 N–H and O–H groups in total. The summed E-state index contributed by atoms with van der Waals surface area (Å²) in [6.07, 6.45) is 0. The molecule has 0 amide bonds. The number of halogens is 1. The van der Waals surface area contributed by atoms with Gasteiger partial charge in [0.2, 0.25) is 0 Å². The second kappa shape index (κ2) is 5.70. The van der Waals surface area contributed by atoms with E-state index in [0.717, 1.165) is 0 Å². The predicted molar refractivity (Wildman–Crippen MR) is 68.2 cm³/mol. The zero-order valence-corrected chi connectivity index (χ0v) is 10.9. The molecule has 7 heteroatoms. The molecule has 0 saturated carbocycles. The van der Waals surface area contributed by atoms with E-state index in [1.54, 1.807) is 0 Å². The molecule has 106 valence electrons. The van der Waals surface area contributed by atoms with E-state index < -0.39 is 11.8 Å². The smallest absolute Gasteiger partial charge is 0.353 e. The topological polar surface area (TPSA) is 84.4 Å². The highest BCUT2D eigenvalue weighted by atomic mass is 19.1. The van der Waals surface area contributed by atoms with Gasteiger partial charge in [-0.15, -0.1) is 0 Å². The van der Waals surface area contributed by atoms with Crippen LogP contribution < -0.4 is 4.74 Å². The van der Waals surface area contributed by atoms with Crippen LogP contribution in [0.1, 0.15) is 16.1 Å². The van der Waals surface area contributed by atoms with Gasteiger partial charge >= 0.3 is 5.97 Å². The molecular weight excluding hydrogens is 267 g/mol. The van der Waals surface area contributed by atoms with Crippen LogP contribution >= 0.6 is 0 Å². The van der Waals surface area contributed by atoms with E-state index in [1.807, 2.05) is 0 Å². The summed E-state index contributed by atoms with van der Waals surface area (Å²) in [6, 6.07) is 3.87. The lowest BCUT2D eigenvalue weighted by Crippen LogP contribution is -1.98. The molecule has 1 aromatic carbocycles. The van der Waals surface area contributed by atoms with Crippen molar-refractivity contribution >= 4 is 5.97 Å². The Morgan fingerprint density at radius 3 is 2.70 bits per heavy atom. The Balaban J connectivity index is 2.59. The molecule has 6 nitrogen and oxygen atoms in total. The number of aromatic amines is 1. The summed E-state index contributed by atoms with van der Waals surface area (Å²) in [7, 11) is 2.88. The predicted octanol–water partition coefficient (Wildman–Crippen LogP) is 2.07. The van der Waals surface area contributed by atoms with Gasteiger partial charge < -0.3 is 14.6 Å². The lowest BCUT2D eigenvalue weighted by molar-refractivity contribution is 0.0690. The number of H-pyrrole nitrogens is 1. The Kier molecular flexibility index (Phi) is 3.99. The number of benzene rings is 1. The molecule has 0 fully saturated rings. The fourth-order valence-electron chi connectivity index (χ4n) is 1.92. The second-order valence-electron chi connectivity index (χ2n) is 4.05. The number of aromatic carboxylic acids is 1. The quantitative estimate of drug-likeness (QED) is 0.875. The molecule has 0 unspecified atom stereocenters. The molecule has 0 aliphatic rings. The maximum absolute atomic E-state index is 13.5. The third-order valence-electron chi connectivity index (χ3n) is 2.73. The van der Waals surface area contributed by atoms with Crippen molar-refractivity contribution in [2.24, 2.45) is 0 Å². The molecule has 0 aliphatic carbocycles. The number of methoxy groups -OCH3 is 2. The fraction of sp³-hybridized carbons (Fsp3) is 0.231. The van der Waals surface area contributed by atoms with Gasteiger partial charge in [-0.2, -0.15) is 5.10 Å². The molecule has 20 heavy (non-hydrogen) atoms. The number of aromatic nitrogens is 2. The monoisotopic (exact) mass is 280 g/mol. The Morgan fingerprint density at radius 1 is 1.40 bits per heavy atom. The minimum atomic E-state index is -1.13. The Hall–Kier alpha value is -2.41. The Bertz CT molecular complexity index is 639. The average Bonchev–Trinajstić information content (AvgIpc) is 2.87. The zero-order valence-electron chi connectivity index (χ0n) is 10.9. The fourth-order valence-corrected chi connectivity index (χ4v) is 1.92. The van der Waals surface area contributed by atoms with Gasteiger partial charge in [0.15, 0.2) is 0 Å². The number of hydrogen-bond donors (Lipinski definition) is 2. The Morgan fingerprint density at radius 2 is 2.15 bits per heavy atom. The molecule has 0 bridgehead atoms. The minimum Gasteiger partial charge on any atom is -0.496 e. The van der Waals surface area contributed by atoms with Crippen molar-refractivity contribution in [3.8, 4) is 17.0 Å². The highest BCUT2D eigenvalue weighted by Gasteiger charge is 2.18. The van der Waals surface area contributed by atoms with Crippen molar-refractivity contribution in [1.82, 2.24) is 10.2 Å². The van der Waals surface area contributed by atoms with E-state index in [0.29, 0.717) is 16.8 Å². The van der Waals surface area contributed by atoms with Crippen molar-refractivity contribution < 1.29 is 23.8 Å². The van der Waals surface area contributed by atoms with Gasteiger partial charge in [0.1, 0.15) is 17.3 Å². The van der Waals surface area contributed by atoms with Crippen LogP contribution in [0.5, 0.6) is 5.75 Å². The molecule has 0 radical (unpaired) electrons. The van der Waals surface area contributed by atoms with Crippen molar-refractivity contribution in [3.05, 3.63) is 35.3 Å². The Labute approximate surface area is 114 Å². The lowest BCUT2D eigenvalue weighted by atomic mass is 10.0. The van der Waals surface area contributed by atoms with Crippen molar-refractivity contribution in [3.63, 3.8) is 0 Å². The number of nitrogens with one attached hydrogen (secondary N) is 1. The van der Waals surface area contributed by atoms with Gasteiger partial charge in [-0.05, 0) is 17.7 Å². The summed E-state index contributed by atoms with van der Waals surface area (Å²) in [5.41, 5.74) is 1.31. The molecule has 1 heterocycles. The van der Waals surface area contributed by atoms with Gasteiger partial charge in [-0.25, -0.2) is 9.18 Å². The van der Waals surface area contributed by atoms with Crippen LogP contribution in [0.2, 0.25) is 0 Å². The lowest BCUT2D eigenvalue weighted by Gasteiger charge is -2.12. The van der Waals surface area contributed by atoms with E-state index >= 15 is 0 Å². The van der Waals surface area contributed by atoms with Gasteiger partial charge in [-0.3, -0.25) is 5.10 Å². The first-order valence-electron chi connectivity index (χ1n) is 5.71. The van der Waals surface area contributed by atoms with Crippen LogP contribution in [0.25, 0.3) is 11.3 Å². The molecular formula is C13H13FN2O4. The summed E-state index contributed by atoms with van der Waals surface area (Å²) in [4.78, 5) is 10.9. The molecule has 0 saturated heterocycles. The molecule has 2 aromatic rings. The first kappa shape index (κ1) is 14.0. The van der Waals surface area contributed by atoms with E-state index in [9.17, 15) is 9.18 Å². The van der Waals surface area contributed by atoms with Gasteiger partial charge in [-0.1, -0.05) is 0 Å². The third kappa shape index (κ3) is 2.62. The zero-order chi connectivity index (χ0) is 14.7. The van der Waals surface area contributed by atoms with Crippen molar-refractivity contribution in [2.45, 2.75) is 6.61 Å². The summed E-state index contributed by atoms with van der Waals surface area (Å²) >= 11 is 0. The van der Waals surface area contributed by atoms with E-state index in [1.165, 1.54) is 32.4 Å². The number of rotatable bonds is 5. The van der Waals surface area contributed by atoms with Gasteiger partial charge in [0.05, 0.1) is 19.4 Å². The number of nitrogens with zero attached hydrogens (tertiary/aromatic N) is 1. The van der Waals surface area contributed by atoms with Crippen LogP contribution in [0, 0.1) is 5.82 Å². The largest absolute Gasteiger partial charge is 0.496 e. The summed E-state index contributed by atoms with van der Waals surface area (Å²) in [5.74, 6) is -1.33. The third-order valence-corrected chi connectivity index (χ3v) is 2.73. The van der Waals surface area contributed by atoms with Crippen LogP contribution in [0.4, 0.5) is 4.39 Å². The molecule has 1 aromatic heterocycles. The van der Waals surface area contributed by atoms with E-state index in [2.05, 4.69) is 10.2 Å². The minimum absolute atomic E-state index is 0.0604. The van der Waals surface area contributed by atoms with Crippen molar-refractivity contribution in [2.75, 3.05) is 14.2 Å². The van der Waals surface area contributed by atoms with Crippen LogP contribution in [-0.2, 0) is 11.3 Å². The highest BCUT2D eigenvalue weighted by Crippen LogP contribution is 2.34. The first-order chi connectivity index (χ1) is 9.56. The SMILES string of the molecule is COCc1cc(F)cc(OC)c1-c1cc(C(=O)O)[nH]n1. The molecule has 0 aliphatic heterocycles. The van der Waals surface area contributed by atoms with Crippen LogP contribution in [0.15, 0.2) is 18.2 Å². The maximum atomic E-state index is 13.5. The number of hydrogen-bond acceptors (Lipinski definition) is 4. The van der Waals surface area contributed by atoms with Crippen LogP contribution in [-0.4, -0.2) is 35.5 Å². The van der Waals surface area contributed by atoms with Crippen LogP contribution in [0.3, 0.4) is 0 Å². The second-order valence-corrected chi connectivity index (χ2v) is 4.05. The summed E-state index contributed by atoms with van der Waals surface area (Å²) in [5, 5.41) is 15.2. The standard InChI is InChI=1S/C13H13FN2O4/c1-19-6-7-3-8(14)4-11(20-2)12(7)9-5-10(13(17)18)16-15-9/h3-5H,6H2,1-2H3,(H,15,16)(H,17,18). The van der Waals surface area contributed by atoms with Crippen molar-refractivity contribution in [1.29, 1.82) is 0 Å². The van der Waals surface area contributed by atoms with E-state index in [4.69, 9.17) is 14.6 Å². The maximum Gasteiger partial charge on any atom is 0.353 e. The van der Waals surface area contributed by atoms with Gasteiger partial charge in [0, 0.05) is 18.7 Å². The van der Waals surface area contributed by atoms with E-state index in [-0.39, 0.29) is 18.1 Å².